The van der Waals surface area contributed by atoms with Crippen molar-refractivity contribution < 1.29 is 9.50 Å². The molecule has 0 amide bonds. The van der Waals surface area contributed by atoms with Crippen molar-refractivity contribution in [3.05, 3.63) is 29.6 Å². The molecule has 2 rings (SSSR count). The highest BCUT2D eigenvalue weighted by Gasteiger charge is 2.28. The van der Waals surface area contributed by atoms with E-state index in [4.69, 9.17) is 0 Å². The zero-order valence-corrected chi connectivity index (χ0v) is 10.3. The first-order valence-corrected chi connectivity index (χ1v) is 6.08. The molecule has 1 atom stereocenters. The summed E-state index contributed by atoms with van der Waals surface area (Å²) in [6.45, 7) is 7.05. The van der Waals surface area contributed by atoms with Gasteiger partial charge in [-0.15, -0.1) is 0 Å². The average molecular weight is 238 g/mol. The van der Waals surface area contributed by atoms with E-state index in [1.54, 1.807) is 6.07 Å². The number of benzene rings is 1. The fourth-order valence-corrected chi connectivity index (χ4v) is 2.40. The lowest BCUT2D eigenvalue weighted by molar-refractivity contribution is 0.108. The maximum absolute atomic E-state index is 12.9. The van der Waals surface area contributed by atoms with Crippen molar-refractivity contribution in [2.45, 2.75) is 25.9 Å². The Bertz CT molecular complexity index is 393. The highest BCUT2D eigenvalue weighted by atomic mass is 19.1. The van der Waals surface area contributed by atoms with Gasteiger partial charge in [-0.1, -0.05) is 13.0 Å². The summed E-state index contributed by atoms with van der Waals surface area (Å²) < 4.78 is 12.9. The van der Waals surface area contributed by atoms with Crippen LogP contribution in [0.15, 0.2) is 18.2 Å². The molecule has 4 heteroatoms. The number of phenolic OH excluding ortho intramolecular Hbond substituents is 1. The van der Waals surface area contributed by atoms with E-state index in [0.717, 1.165) is 25.2 Å². The van der Waals surface area contributed by atoms with E-state index in [-0.39, 0.29) is 11.8 Å². The van der Waals surface area contributed by atoms with Crippen LogP contribution in [-0.4, -0.2) is 35.7 Å². The maximum Gasteiger partial charge on any atom is 0.126 e. The standard InChI is InChI=1S/C13H19FN2O/c1-3-16(11-7-15-8-11)9(2)12-5-4-10(14)6-13(12)17/h4-6,9,11,15,17H,3,7-8H2,1-2H3. The third-order valence-electron chi connectivity index (χ3n) is 3.53. The molecule has 1 aromatic rings. The fraction of sp³-hybridized carbons (Fsp3) is 0.538. The smallest absolute Gasteiger partial charge is 0.126 e. The van der Waals surface area contributed by atoms with Gasteiger partial charge in [-0.3, -0.25) is 4.90 Å². The van der Waals surface area contributed by atoms with Crippen LogP contribution in [0.5, 0.6) is 5.75 Å². The van der Waals surface area contributed by atoms with Crippen molar-refractivity contribution in [1.29, 1.82) is 0 Å². The molecule has 2 N–H and O–H groups in total. The summed E-state index contributed by atoms with van der Waals surface area (Å²) in [7, 11) is 0. The number of halogens is 1. The number of likely N-dealkylation sites (N-methyl/N-ethyl adjacent to an activating group) is 1. The van der Waals surface area contributed by atoms with Gasteiger partial charge < -0.3 is 10.4 Å². The van der Waals surface area contributed by atoms with Gasteiger partial charge in [0.15, 0.2) is 0 Å². The second-order valence-corrected chi connectivity index (χ2v) is 4.52. The molecule has 1 aliphatic heterocycles. The van der Waals surface area contributed by atoms with Gasteiger partial charge in [0.1, 0.15) is 11.6 Å². The van der Waals surface area contributed by atoms with E-state index >= 15 is 0 Å². The predicted molar refractivity (Wildman–Crippen MR) is 65.5 cm³/mol. The molecule has 3 nitrogen and oxygen atoms in total. The molecule has 1 saturated heterocycles. The van der Waals surface area contributed by atoms with Gasteiger partial charge in [-0.05, 0) is 19.5 Å². The van der Waals surface area contributed by atoms with Crippen LogP contribution in [0.1, 0.15) is 25.5 Å². The number of phenols is 1. The van der Waals surface area contributed by atoms with Gasteiger partial charge in [0.2, 0.25) is 0 Å². The normalized spacial score (nSPS) is 18.1. The molecule has 0 aromatic heterocycles. The first-order valence-electron chi connectivity index (χ1n) is 6.08. The number of hydrogen-bond donors (Lipinski definition) is 2. The molecule has 1 heterocycles. The van der Waals surface area contributed by atoms with Crippen molar-refractivity contribution in [2.75, 3.05) is 19.6 Å². The zero-order valence-electron chi connectivity index (χ0n) is 10.3. The summed E-state index contributed by atoms with van der Waals surface area (Å²) >= 11 is 0. The fourth-order valence-electron chi connectivity index (χ4n) is 2.40. The Morgan fingerprint density at radius 2 is 2.24 bits per heavy atom. The van der Waals surface area contributed by atoms with Crippen LogP contribution in [0.25, 0.3) is 0 Å². The Kier molecular flexibility index (Phi) is 3.64. The summed E-state index contributed by atoms with van der Waals surface area (Å²) in [6.07, 6.45) is 0. The third-order valence-corrected chi connectivity index (χ3v) is 3.53. The molecular formula is C13H19FN2O. The lowest BCUT2D eigenvalue weighted by Crippen LogP contribution is -2.57. The van der Waals surface area contributed by atoms with Crippen molar-refractivity contribution in [1.82, 2.24) is 10.2 Å². The average Bonchev–Trinajstić information content (AvgIpc) is 2.22. The summed E-state index contributed by atoms with van der Waals surface area (Å²) in [5.74, 6) is -0.352. The van der Waals surface area contributed by atoms with Crippen LogP contribution in [0.4, 0.5) is 4.39 Å². The van der Waals surface area contributed by atoms with E-state index in [2.05, 4.69) is 24.1 Å². The second kappa shape index (κ2) is 5.02. The second-order valence-electron chi connectivity index (χ2n) is 4.52. The first-order chi connectivity index (χ1) is 8.13. The number of aromatic hydroxyl groups is 1. The van der Waals surface area contributed by atoms with Crippen LogP contribution in [0.3, 0.4) is 0 Å². The summed E-state index contributed by atoms with van der Waals surface area (Å²) in [5.41, 5.74) is 0.792. The van der Waals surface area contributed by atoms with Crippen molar-refractivity contribution in [2.24, 2.45) is 0 Å². The van der Waals surface area contributed by atoms with Gasteiger partial charge >= 0.3 is 0 Å². The van der Waals surface area contributed by atoms with E-state index in [0.29, 0.717) is 6.04 Å². The lowest BCUT2D eigenvalue weighted by Gasteiger charge is -2.41. The van der Waals surface area contributed by atoms with E-state index in [9.17, 15) is 9.50 Å². The molecule has 1 unspecified atom stereocenters. The summed E-state index contributed by atoms with van der Waals surface area (Å²) in [6, 6.07) is 4.87. The molecule has 0 spiro atoms. The predicted octanol–water partition coefficient (Wildman–Crippen LogP) is 1.89. The van der Waals surface area contributed by atoms with Crippen molar-refractivity contribution in [3.8, 4) is 5.75 Å². The maximum atomic E-state index is 12.9. The Hall–Kier alpha value is -1.13. The van der Waals surface area contributed by atoms with Gasteiger partial charge in [0, 0.05) is 36.8 Å². The van der Waals surface area contributed by atoms with E-state index in [1.807, 2.05) is 0 Å². The van der Waals surface area contributed by atoms with Gasteiger partial charge in [-0.25, -0.2) is 4.39 Å². The Balaban J connectivity index is 2.19. The number of nitrogens with zero attached hydrogens (tertiary/aromatic N) is 1. The Morgan fingerprint density at radius 1 is 1.53 bits per heavy atom. The quantitative estimate of drug-likeness (QED) is 0.840. The zero-order chi connectivity index (χ0) is 12.4. The molecule has 0 bridgehead atoms. The molecule has 1 fully saturated rings. The van der Waals surface area contributed by atoms with Crippen LogP contribution in [-0.2, 0) is 0 Å². The molecule has 0 aliphatic carbocycles. The highest BCUT2D eigenvalue weighted by Crippen LogP contribution is 2.30. The molecule has 0 radical (unpaired) electrons. The minimum atomic E-state index is -0.396. The third kappa shape index (κ3) is 2.42. The molecular weight excluding hydrogens is 219 g/mol. The Morgan fingerprint density at radius 3 is 2.71 bits per heavy atom. The molecule has 1 aliphatic rings. The Labute approximate surface area is 101 Å². The molecule has 94 valence electrons. The van der Waals surface area contributed by atoms with Gasteiger partial charge in [0.25, 0.3) is 0 Å². The molecule has 0 saturated carbocycles. The van der Waals surface area contributed by atoms with Gasteiger partial charge in [-0.2, -0.15) is 0 Å². The number of hydrogen-bond acceptors (Lipinski definition) is 3. The monoisotopic (exact) mass is 238 g/mol. The van der Waals surface area contributed by atoms with Gasteiger partial charge in [0.05, 0.1) is 0 Å². The first kappa shape index (κ1) is 12.3. The van der Waals surface area contributed by atoms with E-state index < -0.39 is 5.82 Å². The van der Waals surface area contributed by atoms with Crippen molar-refractivity contribution >= 4 is 0 Å². The number of rotatable bonds is 4. The van der Waals surface area contributed by atoms with Crippen LogP contribution in [0.2, 0.25) is 0 Å². The number of nitrogens with one attached hydrogen (secondary N) is 1. The van der Waals surface area contributed by atoms with Crippen LogP contribution in [0, 0.1) is 5.82 Å². The van der Waals surface area contributed by atoms with Crippen molar-refractivity contribution in [3.63, 3.8) is 0 Å². The minimum absolute atomic E-state index is 0.0447. The highest BCUT2D eigenvalue weighted by molar-refractivity contribution is 5.35. The van der Waals surface area contributed by atoms with Crippen LogP contribution >= 0.6 is 0 Å². The summed E-state index contributed by atoms with van der Waals surface area (Å²) in [5, 5.41) is 13.0. The van der Waals surface area contributed by atoms with E-state index in [1.165, 1.54) is 12.1 Å². The minimum Gasteiger partial charge on any atom is -0.508 e. The molecule has 17 heavy (non-hydrogen) atoms. The largest absolute Gasteiger partial charge is 0.508 e. The van der Waals surface area contributed by atoms with Crippen LogP contribution < -0.4 is 5.32 Å². The molecule has 1 aromatic carbocycles. The SMILES string of the molecule is CCN(C1CNC1)C(C)c1ccc(F)cc1O. The lowest BCUT2D eigenvalue weighted by atomic mass is 10.0. The topological polar surface area (TPSA) is 35.5 Å². The summed E-state index contributed by atoms with van der Waals surface area (Å²) in [4.78, 5) is 2.32.